The molecule has 0 bridgehead atoms. The van der Waals surface area contributed by atoms with Crippen molar-refractivity contribution in [3.8, 4) is 0 Å². The topological polar surface area (TPSA) is 26.3 Å². The van der Waals surface area contributed by atoms with Crippen LogP contribution >= 0.6 is 0 Å². The summed E-state index contributed by atoms with van der Waals surface area (Å²) in [5.74, 6) is 0.306. The van der Waals surface area contributed by atoms with Gasteiger partial charge in [0.15, 0.2) is 0 Å². The average molecular weight is 140 g/mol. The van der Waals surface area contributed by atoms with Crippen LogP contribution in [0, 0.1) is 5.92 Å². The summed E-state index contributed by atoms with van der Waals surface area (Å²) in [4.78, 5) is 10.7. The highest BCUT2D eigenvalue weighted by Crippen LogP contribution is 2.06. The summed E-state index contributed by atoms with van der Waals surface area (Å²) in [6.07, 6.45) is 5.49. The smallest absolute Gasteiger partial charge is 0.306 e. The number of cyclic esters (lactones) is 1. The molecule has 0 aromatic carbocycles. The first kappa shape index (κ1) is 7.32. The number of hydrogen-bond acceptors (Lipinski definition) is 2. The van der Waals surface area contributed by atoms with Crippen molar-refractivity contribution in [1.29, 1.82) is 0 Å². The number of carbonyl (C=O) groups excluding carboxylic acids is 1. The lowest BCUT2D eigenvalue weighted by Gasteiger charge is -2.10. The Bertz CT molecular complexity index is 149. The number of ether oxygens (including phenoxy) is 1. The fraction of sp³-hybridized carbons (Fsp3) is 0.625. The van der Waals surface area contributed by atoms with Crippen LogP contribution in [0.4, 0.5) is 0 Å². The number of carbonyl (C=O) groups is 1. The Morgan fingerprint density at radius 2 is 2.50 bits per heavy atom. The predicted octanol–water partition coefficient (Wildman–Crippen LogP) is 1.52. The number of esters is 1. The number of allylic oxidation sites excluding steroid dienone is 1. The highest BCUT2D eigenvalue weighted by Gasteiger charge is 2.06. The Hall–Kier alpha value is -0.790. The fourth-order valence-electron chi connectivity index (χ4n) is 0.882. The van der Waals surface area contributed by atoms with Crippen LogP contribution in [0.25, 0.3) is 0 Å². The van der Waals surface area contributed by atoms with E-state index in [1.165, 1.54) is 0 Å². The minimum absolute atomic E-state index is 0.0730. The molecule has 0 aliphatic carbocycles. The molecule has 0 aromatic rings. The molecule has 56 valence electrons. The molecular formula is C8H12O2. The van der Waals surface area contributed by atoms with E-state index in [0.29, 0.717) is 18.9 Å². The Kier molecular flexibility index (Phi) is 2.49. The lowest BCUT2D eigenvalue weighted by Crippen LogP contribution is -2.11. The van der Waals surface area contributed by atoms with E-state index in [0.717, 1.165) is 6.42 Å². The van der Waals surface area contributed by atoms with Crippen molar-refractivity contribution in [2.75, 3.05) is 6.61 Å². The van der Waals surface area contributed by atoms with Crippen molar-refractivity contribution < 1.29 is 9.53 Å². The Morgan fingerprint density at radius 1 is 1.70 bits per heavy atom. The van der Waals surface area contributed by atoms with Crippen LogP contribution in [0.5, 0.6) is 0 Å². The molecule has 1 aliphatic heterocycles. The van der Waals surface area contributed by atoms with Gasteiger partial charge in [-0.2, -0.15) is 0 Å². The normalized spacial score (nSPS) is 30.1. The maximum atomic E-state index is 10.7. The molecule has 0 spiro atoms. The van der Waals surface area contributed by atoms with E-state index in [1.807, 2.05) is 13.0 Å². The van der Waals surface area contributed by atoms with Crippen LogP contribution in [0.1, 0.15) is 19.8 Å². The molecule has 1 heterocycles. The number of rotatable bonds is 0. The molecule has 0 N–H and O–H groups in total. The van der Waals surface area contributed by atoms with Crippen LogP contribution in [0.3, 0.4) is 0 Å². The van der Waals surface area contributed by atoms with E-state index in [1.54, 1.807) is 0 Å². The zero-order valence-electron chi connectivity index (χ0n) is 6.17. The van der Waals surface area contributed by atoms with Crippen LogP contribution in [0.15, 0.2) is 12.2 Å². The summed E-state index contributed by atoms with van der Waals surface area (Å²) < 4.78 is 4.90. The summed E-state index contributed by atoms with van der Waals surface area (Å²) in [5.41, 5.74) is 0. The van der Waals surface area contributed by atoms with Crippen LogP contribution in [0.2, 0.25) is 0 Å². The van der Waals surface area contributed by atoms with Gasteiger partial charge in [-0.05, 0) is 6.42 Å². The van der Waals surface area contributed by atoms with Gasteiger partial charge in [0.25, 0.3) is 0 Å². The Labute approximate surface area is 60.9 Å². The zero-order chi connectivity index (χ0) is 7.40. The van der Waals surface area contributed by atoms with E-state index in [4.69, 9.17) is 4.74 Å². The zero-order valence-corrected chi connectivity index (χ0v) is 6.17. The maximum absolute atomic E-state index is 10.7. The van der Waals surface area contributed by atoms with Gasteiger partial charge < -0.3 is 4.74 Å². The van der Waals surface area contributed by atoms with E-state index < -0.39 is 0 Å². The minimum atomic E-state index is -0.0730. The molecule has 10 heavy (non-hydrogen) atoms. The van der Waals surface area contributed by atoms with Crippen molar-refractivity contribution in [1.82, 2.24) is 0 Å². The van der Waals surface area contributed by atoms with Gasteiger partial charge in [0.1, 0.15) is 0 Å². The quantitative estimate of drug-likeness (QED) is 0.376. The molecule has 0 amide bonds. The summed E-state index contributed by atoms with van der Waals surface area (Å²) in [7, 11) is 0. The highest BCUT2D eigenvalue weighted by atomic mass is 16.5. The van der Waals surface area contributed by atoms with Crippen LogP contribution < -0.4 is 0 Å². The summed E-state index contributed by atoms with van der Waals surface area (Å²) in [5, 5.41) is 0. The first-order valence-corrected chi connectivity index (χ1v) is 3.61. The second-order valence-electron chi connectivity index (χ2n) is 2.63. The summed E-state index contributed by atoms with van der Waals surface area (Å²) in [6.45, 7) is 2.57. The summed E-state index contributed by atoms with van der Waals surface area (Å²) >= 11 is 0. The van der Waals surface area contributed by atoms with Gasteiger partial charge in [-0.3, -0.25) is 4.79 Å². The molecule has 1 aliphatic rings. The third-order valence-electron chi connectivity index (χ3n) is 1.49. The van der Waals surface area contributed by atoms with Gasteiger partial charge in [0.2, 0.25) is 0 Å². The van der Waals surface area contributed by atoms with Gasteiger partial charge in [-0.1, -0.05) is 19.1 Å². The van der Waals surface area contributed by atoms with Crippen molar-refractivity contribution in [2.24, 2.45) is 5.92 Å². The maximum Gasteiger partial charge on any atom is 0.306 e. The molecule has 0 aromatic heterocycles. The summed E-state index contributed by atoms with van der Waals surface area (Å²) in [6, 6.07) is 0. The van der Waals surface area contributed by atoms with Gasteiger partial charge in [0, 0.05) is 12.3 Å². The van der Waals surface area contributed by atoms with Crippen molar-refractivity contribution in [2.45, 2.75) is 19.8 Å². The molecule has 2 heteroatoms. The first-order valence-electron chi connectivity index (χ1n) is 3.61. The molecule has 0 saturated heterocycles. The molecule has 2 nitrogen and oxygen atoms in total. The predicted molar refractivity (Wildman–Crippen MR) is 38.5 cm³/mol. The molecule has 0 saturated carbocycles. The monoisotopic (exact) mass is 140 g/mol. The van der Waals surface area contributed by atoms with E-state index >= 15 is 0 Å². The standard InChI is InChI=1S/C8H12O2/c1-7-4-2-3-5-8(9)10-6-7/h2,4,7H,3,5-6H2,1H3/b4-2-. The fourth-order valence-corrected chi connectivity index (χ4v) is 0.882. The second kappa shape index (κ2) is 3.40. The third kappa shape index (κ3) is 2.21. The largest absolute Gasteiger partial charge is 0.465 e. The Balaban J connectivity index is 2.45. The molecular weight excluding hydrogens is 128 g/mol. The first-order chi connectivity index (χ1) is 4.79. The van der Waals surface area contributed by atoms with E-state index in [-0.39, 0.29) is 5.97 Å². The third-order valence-corrected chi connectivity index (χ3v) is 1.49. The Morgan fingerprint density at radius 3 is 3.30 bits per heavy atom. The molecule has 0 radical (unpaired) electrons. The van der Waals surface area contributed by atoms with Crippen molar-refractivity contribution in [3.05, 3.63) is 12.2 Å². The molecule has 0 fully saturated rings. The van der Waals surface area contributed by atoms with Gasteiger partial charge in [-0.25, -0.2) is 0 Å². The van der Waals surface area contributed by atoms with Crippen LogP contribution in [-0.4, -0.2) is 12.6 Å². The molecule has 1 unspecified atom stereocenters. The minimum Gasteiger partial charge on any atom is -0.465 e. The average Bonchev–Trinajstić information content (AvgIpc) is 1.90. The van der Waals surface area contributed by atoms with Crippen molar-refractivity contribution in [3.63, 3.8) is 0 Å². The van der Waals surface area contributed by atoms with Crippen molar-refractivity contribution >= 4 is 5.97 Å². The van der Waals surface area contributed by atoms with Gasteiger partial charge in [0.05, 0.1) is 6.61 Å². The van der Waals surface area contributed by atoms with Gasteiger partial charge >= 0.3 is 5.97 Å². The molecule has 1 rings (SSSR count). The second-order valence-corrected chi connectivity index (χ2v) is 2.63. The lowest BCUT2D eigenvalue weighted by atomic mass is 10.1. The lowest BCUT2D eigenvalue weighted by molar-refractivity contribution is -0.144. The van der Waals surface area contributed by atoms with Gasteiger partial charge in [-0.15, -0.1) is 0 Å². The molecule has 1 atom stereocenters. The highest BCUT2D eigenvalue weighted by molar-refractivity contribution is 5.69. The van der Waals surface area contributed by atoms with Crippen LogP contribution in [-0.2, 0) is 9.53 Å². The van der Waals surface area contributed by atoms with E-state index in [2.05, 4.69) is 6.08 Å². The van der Waals surface area contributed by atoms with E-state index in [9.17, 15) is 4.79 Å². The number of hydrogen-bond donors (Lipinski definition) is 0. The SMILES string of the molecule is CC1/C=C\CCC(=O)OC1.